The van der Waals surface area contributed by atoms with Gasteiger partial charge in [0.15, 0.2) is 0 Å². The third kappa shape index (κ3) is 3.06. The summed E-state index contributed by atoms with van der Waals surface area (Å²) in [6.45, 7) is 4.37. The Bertz CT molecular complexity index is 867. The fourth-order valence-electron chi connectivity index (χ4n) is 2.68. The molecule has 0 unspecified atom stereocenters. The van der Waals surface area contributed by atoms with Crippen molar-refractivity contribution in [2.75, 3.05) is 6.61 Å². The Kier molecular flexibility index (Phi) is 4.83. The van der Waals surface area contributed by atoms with Gasteiger partial charge in [-0.15, -0.1) is 11.3 Å². The molecule has 23 heavy (non-hydrogen) atoms. The van der Waals surface area contributed by atoms with Crippen LogP contribution in [0.4, 0.5) is 0 Å². The fourth-order valence-corrected chi connectivity index (χ4v) is 4.63. The molecule has 4 heteroatoms. The van der Waals surface area contributed by atoms with Gasteiger partial charge in [-0.25, -0.2) is 4.79 Å². The quantitative estimate of drug-likeness (QED) is 0.407. The zero-order valence-corrected chi connectivity index (χ0v) is 15.5. The number of thiophene rings is 1. The molecular weight excluding hydrogens is 372 g/mol. The minimum absolute atomic E-state index is 0.273. The van der Waals surface area contributed by atoms with Crippen molar-refractivity contribution >= 4 is 43.3 Å². The maximum Gasteiger partial charge on any atom is 0.338 e. The molecule has 1 aromatic heterocycles. The second kappa shape index (κ2) is 6.85. The predicted molar refractivity (Wildman–Crippen MR) is 101 cm³/mol. The van der Waals surface area contributed by atoms with Crippen LogP contribution in [0.1, 0.15) is 27.7 Å². The highest BCUT2D eigenvalue weighted by Crippen LogP contribution is 2.38. The smallest absolute Gasteiger partial charge is 0.338 e. The second-order valence-corrected chi connectivity index (χ2v) is 6.93. The molecule has 118 valence electrons. The Hall–Kier alpha value is -1.65. The Morgan fingerprint density at radius 1 is 1.22 bits per heavy atom. The summed E-state index contributed by atoms with van der Waals surface area (Å²) in [5.41, 5.74) is 4.12. The lowest BCUT2D eigenvalue weighted by Crippen LogP contribution is -2.04. The van der Waals surface area contributed by atoms with Crippen LogP contribution in [-0.4, -0.2) is 12.6 Å². The Labute approximate surface area is 148 Å². The number of esters is 1. The van der Waals surface area contributed by atoms with Crippen molar-refractivity contribution in [1.29, 1.82) is 0 Å². The van der Waals surface area contributed by atoms with Crippen molar-refractivity contribution in [2.45, 2.75) is 19.2 Å². The van der Waals surface area contributed by atoms with Gasteiger partial charge in [-0.2, -0.15) is 0 Å². The average Bonchev–Trinajstić information content (AvgIpc) is 2.91. The number of carbonyl (C=O) groups is 1. The first-order valence-electron chi connectivity index (χ1n) is 7.50. The van der Waals surface area contributed by atoms with Crippen molar-refractivity contribution in [3.63, 3.8) is 0 Å². The zero-order chi connectivity index (χ0) is 16.4. The number of aryl methyl sites for hydroxylation is 1. The van der Waals surface area contributed by atoms with Crippen molar-refractivity contribution in [2.24, 2.45) is 0 Å². The molecule has 2 nitrogen and oxygen atoms in total. The molecule has 1 heterocycles. The maximum absolute atomic E-state index is 12.0. The van der Waals surface area contributed by atoms with Crippen molar-refractivity contribution in [3.8, 4) is 11.1 Å². The van der Waals surface area contributed by atoms with E-state index in [1.807, 2.05) is 25.1 Å². The van der Waals surface area contributed by atoms with Gasteiger partial charge < -0.3 is 4.74 Å². The average molecular weight is 389 g/mol. The predicted octanol–water partition coefficient (Wildman–Crippen LogP) is 5.95. The van der Waals surface area contributed by atoms with Crippen LogP contribution < -0.4 is 0 Å². The van der Waals surface area contributed by atoms with Gasteiger partial charge in [0.2, 0.25) is 0 Å². The molecule has 0 aliphatic rings. The molecule has 3 aromatic rings. The highest BCUT2D eigenvalue weighted by Gasteiger charge is 2.13. The number of halogens is 1. The summed E-state index contributed by atoms with van der Waals surface area (Å²) in [5, 5.41) is 2.14. The van der Waals surface area contributed by atoms with Gasteiger partial charge in [-0.3, -0.25) is 0 Å². The zero-order valence-electron chi connectivity index (χ0n) is 13.1. The van der Waals surface area contributed by atoms with Crippen LogP contribution in [0, 0.1) is 6.92 Å². The van der Waals surface area contributed by atoms with E-state index in [1.165, 1.54) is 20.5 Å². The normalized spacial score (nSPS) is 10.9. The van der Waals surface area contributed by atoms with Crippen LogP contribution in [0.2, 0.25) is 0 Å². The first kappa shape index (κ1) is 16.2. The number of alkyl halides is 1. The van der Waals surface area contributed by atoms with Gasteiger partial charge in [0, 0.05) is 14.9 Å². The number of rotatable bonds is 4. The molecule has 0 aliphatic carbocycles. The molecule has 2 aromatic carbocycles. The third-order valence-electron chi connectivity index (χ3n) is 3.87. The third-order valence-corrected chi connectivity index (χ3v) is 6.14. The van der Waals surface area contributed by atoms with Crippen molar-refractivity contribution in [3.05, 3.63) is 58.5 Å². The number of fused-ring (bicyclic) bond motifs is 1. The van der Waals surface area contributed by atoms with E-state index < -0.39 is 0 Å². The van der Waals surface area contributed by atoms with Crippen LogP contribution in [0.3, 0.4) is 0 Å². The van der Waals surface area contributed by atoms with E-state index in [2.05, 4.69) is 41.1 Å². The molecule has 0 atom stereocenters. The maximum atomic E-state index is 12.0. The van der Waals surface area contributed by atoms with Gasteiger partial charge in [-0.05, 0) is 48.1 Å². The molecular formula is C19H17BrO2S. The summed E-state index contributed by atoms with van der Waals surface area (Å²) in [6.07, 6.45) is 0. The number of benzene rings is 2. The monoisotopic (exact) mass is 388 g/mol. The van der Waals surface area contributed by atoms with Gasteiger partial charge in [0.25, 0.3) is 0 Å². The van der Waals surface area contributed by atoms with Crippen LogP contribution >= 0.6 is 27.3 Å². The summed E-state index contributed by atoms with van der Waals surface area (Å²) < 4.78 is 6.37. The molecule has 0 N–H and O–H groups in total. The molecule has 0 radical (unpaired) electrons. The minimum atomic E-state index is -0.273. The van der Waals surface area contributed by atoms with E-state index >= 15 is 0 Å². The van der Waals surface area contributed by atoms with Crippen LogP contribution in [0.5, 0.6) is 0 Å². The first-order chi connectivity index (χ1) is 11.2. The number of hydrogen-bond donors (Lipinski definition) is 0. The summed E-state index contributed by atoms with van der Waals surface area (Å²) in [6, 6.07) is 14.0. The van der Waals surface area contributed by atoms with Gasteiger partial charge in [0.1, 0.15) is 0 Å². The van der Waals surface area contributed by atoms with Gasteiger partial charge in [0.05, 0.1) is 12.2 Å². The number of ether oxygens (including phenoxy) is 1. The van der Waals surface area contributed by atoms with E-state index in [9.17, 15) is 4.79 Å². The standard InChI is InChI=1S/C19H17BrO2S/c1-3-22-19(21)14-7-4-6-13(10-14)16-9-5-8-15-12(2)17(11-20)23-18(15)16/h4-10H,3,11H2,1-2H3. The van der Waals surface area contributed by atoms with E-state index in [1.54, 1.807) is 17.4 Å². The Morgan fingerprint density at radius 2 is 2.00 bits per heavy atom. The van der Waals surface area contributed by atoms with E-state index in [0.717, 1.165) is 16.5 Å². The van der Waals surface area contributed by atoms with Crippen LogP contribution in [0.25, 0.3) is 21.2 Å². The Balaban J connectivity index is 2.14. The highest BCUT2D eigenvalue weighted by molar-refractivity contribution is 9.08. The number of carbonyl (C=O) groups excluding carboxylic acids is 1. The van der Waals surface area contributed by atoms with E-state index in [4.69, 9.17) is 4.74 Å². The largest absolute Gasteiger partial charge is 0.462 e. The summed E-state index contributed by atoms with van der Waals surface area (Å²) in [7, 11) is 0. The molecule has 0 aliphatic heterocycles. The molecule has 0 spiro atoms. The van der Waals surface area contributed by atoms with Gasteiger partial charge in [-0.1, -0.05) is 46.3 Å². The lowest BCUT2D eigenvalue weighted by atomic mass is 10.0. The lowest BCUT2D eigenvalue weighted by molar-refractivity contribution is 0.0526. The van der Waals surface area contributed by atoms with Crippen LogP contribution in [0.15, 0.2) is 42.5 Å². The van der Waals surface area contributed by atoms with E-state index in [0.29, 0.717) is 12.2 Å². The fraction of sp³-hybridized carbons (Fsp3) is 0.211. The second-order valence-electron chi connectivity index (χ2n) is 5.27. The molecule has 0 bridgehead atoms. The first-order valence-corrected chi connectivity index (χ1v) is 9.44. The molecule has 3 rings (SSSR count). The highest BCUT2D eigenvalue weighted by atomic mass is 79.9. The van der Waals surface area contributed by atoms with E-state index in [-0.39, 0.29) is 5.97 Å². The molecule has 0 saturated heterocycles. The Morgan fingerprint density at radius 3 is 2.74 bits per heavy atom. The topological polar surface area (TPSA) is 26.3 Å². The summed E-state index contributed by atoms with van der Waals surface area (Å²) in [5.74, 6) is -0.273. The van der Waals surface area contributed by atoms with Crippen LogP contribution in [-0.2, 0) is 10.1 Å². The van der Waals surface area contributed by atoms with Gasteiger partial charge >= 0.3 is 5.97 Å². The minimum Gasteiger partial charge on any atom is -0.462 e. The SMILES string of the molecule is CCOC(=O)c1cccc(-c2cccc3c(C)c(CBr)sc23)c1. The van der Waals surface area contributed by atoms with Crippen molar-refractivity contribution in [1.82, 2.24) is 0 Å². The number of hydrogen-bond acceptors (Lipinski definition) is 3. The summed E-state index contributed by atoms with van der Waals surface area (Å²) >= 11 is 5.37. The molecule has 0 amide bonds. The van der Waals surface area contributed by atoms with Crippen molar-refractivity contribution < 1.29 is 9.53 Å². The lowest BCUT2D eigenvalue weighted by Gasteiger charge is -2.07. The molecule has 0 saturated carbocycles. The molecule has 0 fully saturated rings. The summed E-state index contributed by atoms with van der Waals surface area (Å²) in [4.78, 5) is 13.3.